The van der Waals surface area contributed by atoms with Crippen molar-refractivity contribution in [1.29, 1.82) is 0 Å². The highest BCUT2D eigenvalue weighted by Gasteiger charge is 2.21. The van der Waals surface area contributed by atoms with Crippen LogP contribution in [0.15, 0.2) is 48.5 Å². The number of piperazine rings is 1. The van der Waals surface area contributed by atoms with Crippen LogP contribution in [0.3, 0.4) is 0 Å². The number of aromatic hydroxyl groups is 1. The average Bonchev–Trinajstić information content (AvgIpc) is 3.16. The highest BCUT2D eigenvalue weighted by Crippen LogP contribution is 2.38. The highest BCUT2D eigenvalue weighted by molar-refractivity contribution is 7.80. The van der Waals surface area contributed by atoms with Crippen molar-refractivity contribution in [3.63, 3.8) is 0 Å². The van der Waals surface area contributed by atoms with Gasteiger partial charge in [-0.15, -0.1) is 0 Å². The van der Waals surface area contributed by atoms with Crippen LogP contribution in [0.25, 0.3) is 10.4 Å². The molecule has 0 unspecified atom stereocenters. The van der Waals surface area contributed by atoms with E-state index in [2.05, 4.69) is 35.2 Å². The Morgan fingerprint density at radius 3 is 2.53 bits per heavy atom. The topological polar surface area (TPSA) is 43.8 Å². The standard InChI is InChI=1S/C25H28N2O2S3/c1-2-6-23(29)27-13-11-26(12-14-27)17-20-16-19(9-10-22(20)28)24-21(25(30)32-31-24)15-18-7-4-3-5-8-18/h3-5,7-10,16,28H,2,6,11-15,17H2,1H3. The Balaban J connectivity index is 1.50. The maximum absolute atomic E-state index is 12.1. The fraction of sp³-hybridized carbons (Fsp3) is 0.360. The molecular formula is C25H28N2O2S3. The second-order valence-electron chi connectivity index (χ2n) is 8.17. The molecule has 4 rings (SSSR count). The number of hydrogen-bond acceptors (Lipinski definition) is 6. The molecule has 2 heterocycles. The number of carbonyl (C=O) groups is 1. The molecule has 3 aromatic rings. The Kier molecular flexibility index (Phi) is 7.73. The molecule has 1 fully saturated rings. The Morgan fingerprint density at radius 2 is 1.81 bits per heavy atom. The van der Waals surface area contributed by atoms with Gasteiger partial charge in [-0.3, -0.25) is 9.69 Å². The van der Waals surface area contributed by atoms with Gasteiger partial charge in [0.25, 0.3) is 0 Å². The first-order chi connectivity index (χ1) is 15.5. The molecule has 0 radical (unpaired) electrons. The lowest BCUT2D eigenvalue weighted by Gasteiger charge is -2.35. The number of phenols is 1. The van der Waals surface area contributed by atoms with Crippen molar-refractivity contribution in [2.24, 2.45) is 0 Å². The number of phenolic OH excluding ortho intramolecular Hbond substituents is 1. The van der Waals surface area contributed by atoms with E-state index in [1.54, 1.807) is 26.7 Å². The van der Waals surface area contributed by atoms with Gasteiger partial charge in [0.05, 0.1) is 4.88 Å². The molecule has 1 N–H and O–H groups in total. The summed E-state index contributed by atoms with van der Waals surface area (Å²) in [6, 6.07) is 16.3. The normalized spacial score (nSPS) is 14.6. The molecule has 1 aliphatic rings. The van der Waals surface area contributed by atoms with Crippen LogP contribution in [0.5, 0.6) is 5.75 Å². The van der Waals surface area contributed by atoms with E-state index in [9.17, 15) is 9.90 Å². The lowest BCUT2D eigenvalue weighted by atomic mass is 10.0. The van der Waals surface area contributed by atoms with Gasteiger partial charge in [0.15, 0.2) is 0 Å². The molecule has 0 spiro atoms. The second-order valence-corrected chi connectivity index (χ2v) is 11.0. The lowest BCUT2D eigenvalue weighted by Crippen LogP contribution is -2.48. The summed E-state index contributed by atoms with van der Waals surface area (Å²) in [5.74, 6) is 0.572. The maximum Gasteiger partial charge on any atom is 0.222 e. The van der Waals surface area contributed by atoms with E-state index < -0.39 is 0 Å². The minimum absolute atomic E-state index is 0.251. The van der Waals surface area contributed by atoms with E-state index in [-0.39, 0.29) is 5.91 Å². The number of nitrogens with zero attached hydrogens (tertiary/aromatic N) is 2. The van der Waals surface area contributed by atoms with E-state index in [4.69, 9.17) is 12.2 Å². The second kappa shape index (κ2) is 10.7. The molecule has 0 saturated carbocycles. The zero-order chi connectivity index (χ0) is 22.5. The Morgan fingerprint density at radius 1 is 1.06 bits per heavy atom. The summed E-state index contributed by atoms with van der Waals surface area (Å²) in [5.41, 5.74) is 4.48. The van der Waals surface area contributed by atoms with Crippen molar-refractivity contribution < 1.29 is 9.90 Å². The van der Waals surface area contributed by atoms with Crippen molar-refractivity contribution >= 4 is 38.8 Å². The number of carbonyl (C=O) groups excluding carboxylic acids is 1. The molecule has 0 atom stereocenters. The third-order valence-electron chi connectivity index (χ3n) is 5.87. The Labute approximate surface area is 202 Å². The smallest absolute Gasteiger partial charge is 0.222 e. The number of benzene rings is 2. The Hall–Kier alpha value is -2.06. The minimum Gasteiger partial charge on any atom is -0.508 e. The quantitative estimate of drug-likeness (QED) is 0.333. The van der Waals surface area contributed by atoms with Crippen molar-refractivity contribution in [2.45, 2.75) is 32.7 Å². The molecule has 1 aromatic heterocycles. The number of rotatable bonds is 7. The van der Waals surface area contributed by atoms with Crippen LogP contribution in [0, 0.1) is 3.82 Å². The molecule has 1 amide bonds. The van der Waals surface area contributed by atoms with Gasteiger partial charge in [-0.2, -0.15) is 0 Å². The average molecular weight is 485 g/mol. The fourth-order valence-corrected chi connectivity index (χ4v) is 6.98. The van der Waals surface area contributed by atoms with Gasteiger partial charge in [-0.1, -0.05) is 70.2 Å². The zero-order valence-electron chi connectivity index (χ0n) is 18.3. The van der Waals surface area contributed by atoms with Gasteiger partial charge >= 0.3 is 0 Å². The summed E-state index contributed by atoms with van der Waals surface area (Å²) in [6.07, 6.45) is 2.33. The van der Waals surface area contributed by atoms with E-state index in [1.807, 2.05) is 24.0 Å². The number of hydrogen-bond donors (Lipinski definition) is 1. The largest absolute Gasteiger partial charge is 0.508 e. The molecule has 2 aromatic carbocycles. The van der Waals surface area contributed by atoms with Gasteiger partial charge in [-0.05, 0) is 35.7 Å². The third-order valence-corrected chi connectivity index (χ3v) is 9.06. The highest BCUT2D eigenvalue weighted by atomic mass is 32.9. The SMILES string of the molecule is CCCC(=O)N1CCN(Cc2cc(-c3ssc(=S)c3Cc3ccccc3)ccc2O)CC1. The summed E-state index contributed by atoms with van der Waals surface area (Å²) in [4.78, 5) is 17.6. The summed E-state index contributed by atoms with van der Waals surface area (Å²) in [7, 11) is 3.36. The summed E-state index contributed by atoms with van der Waals surface area (Å²) in [6.45, 7) is 5.89. The molecule has 32 heavy (non-hydrogen) atoms. The zero-order valence-corrected chi connectivity index (χ0v) is 20.7. The molecule has 1 aliphatic heterocycles. The van der Waals surface area contributed by atoms with E-state index in [0.29, 0.717) is 18.7 Å². The van der Waals surface area contributed by atoms with Crippen LogP contribution in [-0.2, 0) is 17.8 Å². The minimum atomic E-state index is 0.251. The van der Waals surface area contributed by atoms with Crippen LogP contribution in [0.2, 0.25) is 0 Å². The van der Waals surface area contributed by atoms with Gasteiger partial charge in [0.2, 0.25) is 5.91 Å². The van der Waals surface area contributed by atoms with Crippen LogP contribution in [0.1, 0.15) is 36.5 Å². The summed E-state index contributed by atoms with van der Waals surface area (Å²) < 4.78 is 0.941. The number of amides is 1. The van der Waals surface area contributed by atoms with Crippen LogP contribution in [-0.4, -0.2) is 47.0 Å². The van der Waals surface area contributed by atoms with Crippen molar-refractivity contribution in [2.75, 3.05) is 26.2 Å². The summed E-state index contributed by atoms with van der Waals surface area (Å²) >= 11 is 5.65. The molecule has 4 nitrogen and oxygen atoms in total. The lowest BCUT2D eigenvalue weighted by molar-refractivity contribution is -0.133. The molecule has 0 aliphatic carbocycles. The van der Waals surface area contributed by atoms with Crippen molar-refractivity contribution in [1.82, 2.24) is 9.80 Å². The molecular weight excluding hydrogens is 456 g/mol. The van der Waals surface area contributed by atoms with Gasteiger partial charge in [0, 0.05) is 56.7 Å². The van der Waals surface area contributed by atoms with Gasteiger partial charge in [-0.25, -0.2) is 0 Å². The van der Waals surface area contributed by atoms with Gasteiger partial charge in [0.1, 0.15) is 9.57 Å². The molecule has 7 heteroatoms. The first-order valence-electron chi connectivity index (χ1n) is 11.0. The predicted octanol–water partition coefficient (Wildman–Crippen LogP) is 5.95. The van der Waals surface area contributed by atoms with E-state index in [0.717, 1.165) is 54.0 Å². The van der Waals surface area contributed by atoms with E-state index >= 15 is 0 Å². The van der Waals surface area contributed by atoms with Crippen molar-refractivity contribution in [3.8, 4) is 16.2 Å². The van der Waals surface area contributed by atoms with Crippen LogP contribution >= 0.6 is 32.9 Å². The molecule has 0 bridgehead atoms. The van der Waals surface area contributed by atoms with Crippen LogP contribution in [0.4, 0.5) is 0 Å². The Bertz CT molecular complexity index is 1120. The first-order valence-corrected chi connectivity index (χ1v) is 13.6. The van der Waals surface area contributed by atoms with Gasteiger partial charge < -0.3 is 10.0 Å². The summed E-state index contributed by atoms with van der Waals surface area (Å²) in [5, 5.41) is 10.5. The fourth-order valence-electron chi connectivity index (χ4n) is 4.07. The molecule has 168 valence electrons. The van der Waals surface area contributed by atoms with E-state index in [1.165, 1.54) is 16.0 Å². The van der Waals surface area contributed by atoms with Crippen molar-refractivity contribution in [3.05, 3.63) is 69.0 Å². The van der Waals surface area contributed by atoms with Crippen LogP contribution < -0.4 is 0 Å². The predicted molar refractivity (Wildman–Crippen MR) is 136 cm³/mol. The maximum atomic E-state index is 12.1. The first kappa shape index (κ1) is 23.1. The third kappa shape index (κ3) is 5.46. The monoisotopic (exact) mass is 484 g/mol. The molecule has 1 saturated heterocycles.